The molecule has 1 aromatic heterocycles. The molecule has 4 atom stereocenters. The molecule has 1 aliphatic carbocycles. The third kappa shape index (κ3) is 2.20. The predicted molar refractivity (Wildman–Crippen MR) is 88.2 cm³/mol. The van der Waals surface area contributed by atoms with E-state index in [1.54, 1.807) is 12.3 Å². The van der Waals surface area contributed by atoms with Crippen molar-refractivity contribution in [3.8, 4) is 0 Å². The molecule has 1 saturated carbocycles. The molecule has 5 rings (SSSR count). The summed E-state index contributed by atoms with van der Waals surface area (Å²) in [4.78, 5) is 27.9. The number of carbonyl (C=O) groups is 2. The first-order chi connectivity index (χ1) is 12.2. The van der Waals surface area contributed by atoms with Gasteiger partial charge in [0.15, 0.2) is 0 Å². The van der Waals surface area contributed by atoms with Crippen molar-refractivity contribution in [2.75, 3.05) is 6.54 Å². The van der Waals surface area contributed by atoms with Gasteiger partial charge in [0.2, 0.25) is 11.8 Å². The van der Waals surface area contributed by atoms with Crippen molar-refractivity contribution in [1.29, 1.82) is 0 Å². The van der Waals surface area contributed by atoms with Crippen LogP contribution in [-0.2, 0) is 20.9 Å². The van der Waals surface area contributed by atoms with Crippen LogP contribution in [0.25, 0.3) is 0 Å². The van der Waals surface area contributed by atoms with Crippen LogP contribution in [0.1, 0.15) is 31.4 Å². The number of hydrogen-bond acceptors (Lipinski definition) is 4. The lowest BCUT2D eigenvalue weighted by atomic mass is 9.77. The van der Waals surface area contributed by atoms with Gasteiger partial charge in [-0.1, -0.05) is 25.0 Å². The average molecular weight is 342 g/mol. The van der Waals surface area contributed by atoms with Gasteiger partial charge in [-0.05, 0) is 25.0 Å². The van der Waals surface area contributed by atoms with Crippen LogP contribution < -0.4 is 5.32 Å². The Labute approximate surface area is 146 Å². The molecule has 2 saturated heterocycles. The summed E-state index contributed by atoms with van der Waals surface area (Å²) in [6.07, 6.45) is 9.76. The molecule has 1 spiro atoms. The predicted octanol–water partition coefficient (Wildman–Crippen LogP) is 1.62. The molecule has 4 aliphatic rings. The SMILES string of the molecule is O=C(NCc1ccco1)[C@H]1[C@H]2C=C[C@]3(CN(C4CCCC4)C(=O)[C@@H]13)O2. The highest BCUT2D eigenvalue weighted by atomic mass is 16.5. The minimum absolute atomic E-state index is 0.0944. The Bertz CT molecular complexity index is 722. The molecule has 6 heteroatoms. The van der Waals surface area contributed by atoms with E-state index >= 15 is 0 Å². The first kappa shape index (κ1) is 15.2. The van der Waals surface area contributed by atoms with E-state index in [0.717, 1.165) is 12.8 Å². The van der Waals surface area contributed by atoms with Gasteiger partial charge in [-0.15, -0.1) is 0 Å². The topological polar surface area (TPSA) is 71.8 Å². The molecule has 2 bridgehead atoms. The first-order valence-electron chi connectivity index (χ1n) is 9.16. The Kier molecular flexibility index (Phi) is 3.32. The van der Waals surface area contributed by atoms with Gasteiger partial charge in [0.25, 0.3) is 0 Å². The van der Waals surface area contributed by atoms with Crippen molar-refractivity contribution in [3.05, 3.63) is 36.3 Å². The smallest absolute Gasteiger partial charge is 0.230 e. The summed E-state index contributed by atoms with van der Waals surface area (Å²) < 4.78 is 11.4. The van der Waals surface area contributed by atoms with Crippen LogP contribution in [0.4, 0.5) is 0 Å². The van der Waals surface area contributed by atoms with Crippen molar-refractivity contribution in [2.24, 2.45) is 11.8 Å². The summed E-state index contributed by atoms with van der Waals surface area (Å²) in [7, 11) is 0. The second-order valence-corrected chi connectivity index (χ2v) is 7.60. The number of amides is 2. The minimum atomic E-state index is -0.600. The summed E-state index contributed by atoms with van der Waals surface area (Å²) >= 11 is 0. The van der Waals surface area contributed by atoms with Crippen LogP contribution in [0.3, 0.4) is 0 Å². The Hall–Kier alpha value is -2.08. The highest BCUT2D eigenvalue weighted by Gasteiger charge is 2.67. The fourth-order valence-corrected chi connectivity index (χ4v) is 5.06. The van der Waals surface area contributed by atoms with Gasteiger partial charge in [0.1, 0.15) is 11.4 Å². The summed E-state index contributed by atoms with van der Waals surface area (Å²) in [5, 5.41) is 2.91. The summed E-state index contributed by atoms with van der Waals surface area (Å²) in [6.45, 7) is 0.926. The third-order valence-electron chi connectivity index (χ3n) is 6.21. The van der Waals surface area contributed by atoms with Crippen LogP contribution in [0, 0.1) is 11.8 Å². The largest absolute Gasteiger partial charge is 0.467 e. The number of nitrogens with zero attached hydrogens (tertiary/aromatic N) is 1. The standard InChI is InChI=1S/C19H22N2O4/c22-17(20-10-13-6-3-9-24-13)15-14-7-8-19(25-14)11-21(18(23)16(15)19)12-4-1-2-5-12/h3,6-9,12,14-16H,1-2,4-5,10-11H2,(H,20,22)/t14-,15+,16-,19-/m1/s1. The second kappa shape index (κ2) is 5.46. The maximum atomic E-state index is 13.1. The Morgan fingerprint density at radius 2 is 2.20 bits per heavy atom. The molecule has 0 aromatic carbocycles. The highest BCUT2D eigenvalue weighted by Crippen LogP contribution is 2.52. The Morgan fingerprint density at radius 3 is 2.96 bits per heavy atom. The summed E-state index contributed by atoms with van der Waals surface area (Å²) in [5.41, 5.74) is -0.600. The van der Waals surface area contributed by atoms with Gasteiger partial charge in [-0.2, -0.15) is 0 Å². The van der Waals surface area contributed by atoms with Crippen LogP contribution in [0.5, 0.6) is 0 Å². The zero-order chi connectivity index (χ0) is 17.0. The monoisotopic (exact) mass is 342 g/mol. The number of ether oxygens (including phenoxy) is 1. The van der Waals surface area contributed by atoms with E-state index in [0.29, 0.717) is 24.9 Å². The third-order valence-corrected chi connectivity index (χ3v) is 6.21. The van der Waals surface area contributed by atoms with Crippen molar-refractivity contribution in [1.82, 2.24) is 10.2 Å². The van der Waals surface area contributed by atoms with E-state index in [2.05, 4.69) is 5.32 Å². The van der Waals surface area contributed by atoms with Crippen molar-refractivity contribution < 1.29 is 18.7 Å². The Balaban J connectivity index is 1.36. The highest BCUT2D eigenvalue weighted by molar-refractivity contribution is 5.93. The average Bonchev–Trinajstić information content (AvgIpc) is 3.39. The molecule has 1 N–H and O–H groups in total. The molecule has 0 unspecified atom stereocenters. The lowest BCUT2D eigenvalue weighted by Crippen LogP contribution is -2.44. The van der Waals surface area contributed by atoms with Crippen molar-refractivity contribution in [3.63, 3.8) is 0 Å². The van der Waals surface area contributed by atoms with Gasteiger partial charge in [-0.25, -0.2) is 0 Å². The summed E-state index contributed by atoms with van der Waals surface area (Å²) in [6, 6.07) is 3.93. The zero-order valence-corrected chi connectivity index (χ0v) is 14.0. The van der Waals surface area contributed by atoms with Crippen LogP contribution in [0.15, 0.2) is 35.0 Å². The Morgan fingerprint density at radius 1 is 1.36 bits per heavy atom. The van der Waals surface area contributed by atoms with Gasteiger partial charge in [0, 0.05) is 6.04 Å². The van der Waals surface area contributed by atoms with Gasteiger partial charge < -0.3 is 19.4 Å². The molecular formula is C19H22N2O4. The molecule has 132 valence electrons. The quantitative estimate of drug-likeness (QED) is 0.844. The van der Waals surface area contributed by atoms with E-state index in [-0.39, 0.29) is 23.8 Å². The fourth-order valence-electron chi connectivity index (χ4n) is 5.06. The van der Waals surface area contributed by atoms with E-state index in [4.69, 9.17) is 9.15 Å². The molecule has 3 aliphatic heterocycles. The lowest BCUT2D eigenvalue weighted by molar-refractivity contribution is -0.138. The lowest BCUT2D eigenvalue weighted by Gasteiger charge is -2.26. The van der Waals surface area contributed by atoms with E-state index in [1.807, 2.05) is 23.1 Å². The number of nitrogens with one attached hydrogen (secondary N) is 1. The molecule has 6 nitrogen and oxygen atoms in total. The van der Waals surface area contributed by atoms with Crippen LogP contribution in [-0.4, -0.2) is 41.0 Å². The van der Waals surface area contributed by atoms with Gasteiger partial charge in [0.05, 0.1) is 37.3 Å². The maximum Gasteiger partial charge on any atom is 0.230 e. The molecule has 4 heterocycles. The van der Waals surface area contributed by atoms with E-state index in [9.17, 15) is 9.59 Å². The molecule has 1 aromatic rings. The minimum Gasteiger partial charge on any atom is -0.467 e. The molecule has 25 heavy (non-hydrogen) atoms. The van der Waals surface area contributed by atoms with Crippen LogP contribution in [0.2, 0.25) is 0 Å². The molecule has 3 fully saturated rings. The number of fused-ring (bicyclic) bond motifs is 1. The number of hydrogen-bond donors (Lipinski definition) is 1. The fraction of sp³-hybridized carbons (Fsp3) is 0.579. The first-order valence-corrected chi connectivity index (χ1v) is 9.16. The second-order valence-electron chi connectivity index (χ2n) is 7.60. The summed E-state index contributed by atoms with van der Waals surface area (Å²) in [5.74, 6) is -0.164. The van der Waals surface area contributed by atoms with Gasteiger partial charge in [-0.3, -0.25) is 9.59 Å². The van der Waals surface area contributed by atoms with E-state index in [1.165, 1.54) is 12.8 Å². The molecule has 2 amide bonds. The number of likely N-dealkylation sites (tertiary alicyclic amines) is 1. The number of carbonyl (C=O) groups excluding carboxylic acids is 2. The number of furan rings is 1. The maximum absolute atomic E-state index is 13.1. The van der Waals surface area contributed by atoms with Crippen molar-refractivity contribution in [2.45, 2.75) is 50.0 Å². The molecular weight excluding hydrogens is 320 g/mol. The van der Waals surface area contributed by atoms with Crippen molar-refractivity contribution >= 4 is 11.8 Å². The van der Waals surface area contributed by atoms with E-state index < -0.39 is 11.5 Å². The molecule has 0 radical (unpaired) electrons. The van der Waals surface area contributed by atoms with Gasteiger partial charge >= 0.3 is 0 Å². The normalized spacial score (nSPS) is 36.4. The number of rotatable bonds is 4. The van der Waals surface area contributed by atoms with Crippen LogP contribution >= 0.6 is 0 Å². The zero-order valence-electron chi connectivity index (χ0n) is 14.0.